The van der Waals surface area contributed by atoms with Crippen LogP contribution in [0, 0.1) is 19.7 Å². The molecule has 2 aromatic carbocycles. The van der Waals surface area contributed by atoms with Crippen molar-refractivity contribution >= 4 is 23.1 Å². The van der Waals surface area contributed by atoms with Crippen molar-refractivity contribution in [2.24, 2.45) is 0 Å². The Labute approximate surface area is 156 Å². The van der Waals surface area contributed by atoms with Crippen LogP contribution in [0.5, 0.6) is 5.75 Å². The molecule has 7 heteroatoms. The highest BCUT2D eigenvalue weighted by Gasteiger charge is 2.14. The normalized spacial score (nSPS) is 10.4. The summed E-state index contributed by atoms with van der Waals surface area (Å²) in [5.74, 6) is 0.724. The average molecular weight is 366 g/mol. The van der Waals surface area contributed by atoms with Crippen LogP contribution in [0.4, 0.5) is 21.6 Å². The zero-order valence-electron chi connectivity index (χ0n) is 15.2. The maximum atomic E-state index is 13.0. The molecule has 0 atom stereocenters. The Hall–Kier alpha value is -3.48. The Bertz CT molecular complexity index is 974. The molecule has 1 heterocycles. The second kappa shape index (κ2) is 7.82. The zero-order valence-corrected chi connectivity index (χ0v) is 15.2. The minimum atomic E-state index is -0.383. The fourth-order valence-electron chi connectivity index (χ4n) is 2.54. The first kappa shape index (κ1) is 18.3. The number of rotatable bonds is 5. The van der Waals surface area contributed by atoms with Gasteiger partial charge in [-0.3, -0.25) is 4.79 Å². The smallest absolute Gasteiger partial charge is 0.274 e. The van der Waals surface area contributed by atoms with Gasteiger partial charge in [-0.15, -0.1) is 0 Å². The number of methoxy groups -OCH3 is 1. The topological polar surface area (TPSA) is 76.1 Å². The van der Waals surface area contributed by atoms with E-state index in [0.717, 1.165) is 5.56 Å². The minimum Gasteiger partial charge on any atom is -0.495 e. The zero-order chi connectivity index (χ0) is 19.4. The van der Waals surface area contributed by atoms with E-state index in [1.807, 2.05) is 19.1 Å². The van der Waals surface area contributed by atoms with E-state index in [9.17, 15) is 9.18 Å². The van der Waals surface area contributed by atoms with Crippen LogP contribution < -0.4 is 15.4 Å². The molecule has 138 valence electrons. The third-order valence-electron chi connectivity index (χ3n) is 3.79. The van der Waals surface area contributed by atoms with E-state index in [-0.39, 0.29) is 17.4 Å². The van der Waals surface area contributed by atoms with Crippen LogP contribution in [0.25, 0.3) is 0 Å². The first-order valence-electron chi connectivity index (χ1n) is 8.29. The summed E-state index contributed by atoms with van der Waals surface area (Å²) in [5, 5.41) is 5.85. The Balaban J connectivity index is 1.84. The van der Waals surface area contributed by atoms with Crippen LogP contribution in [-0.2, 0) is 0 Å². The SMILES string of the molecule is COc1ccc(C)cc1NC(=O)c1cc(Nc2ccc(F)cc2)nc(C)n1. The fraction of sp³-hybridized carbons (Fsp3) is 0.150. The minimum absolute atomic E-state index is 0.204. The van der Waals surface area contributed by atoms with Gasteiger partial charge in [0.15, 0.2) is 0 Å². The van der Waals surface area contributed by atoms with Crippen molar-refractivity contribution in [2.75, 3.05) is 17.7 Å². The molecule has 0 spiro atoms. The number of carbonyl (C=O) groups is 1. The third-order valence-corrected chi connectivity index (χ3v) is 3.79. The number of carbonyl (C=O) groups excluding carboxylic acids is 1. The number of nitrogens with one attached hydrogen (secondary N) is 2. The van der Waals surface area contributed by atoms with Gasteiger partial charge in [0.1, 0.15) is 28.9 Å². The summed E-state index contributed by atoms with van der Waals surface area (Å²) in [6.07, 6.45) is 0. The fourth-order valence-corrected chi connectivity index (χ4v) is 2.54. The highest BCUT2D eigenvalue weighted by atomic mass is 19.1. The van der Waals surface area contributed by atoms with Gasteiger partial charge in [-0.25, -0.2) is 14.4 Å². The van der Waals surface area contributed by atoms with Crippen LogP contribution in [0.3, 0.4) is 0 Å². The van der Waals surface area contributed by atoms with Crippen LogP contribution in [0.15, 0.2) is 48.5 Å². The lowest BCUT2D eigenvalue weighted by atomic mass is 10.2. The van der Waals surface area contributed by atoms with Gasteiger partial charge in [-0.2, -0.15) is 0 Å². The number of aromatic nitrogens is 2. The summed E-state index contributed by atoms with van der Waals surface area (Å²) >= 11 is 0. The number of amides is 1. The molecule has 0 bridgehead atoms. The van der Waals surface area contributed by atoms with Gasteiger partial charge in [0.2, 0.25) is 0 Å². The number of nitrogens with zero attached hydrogens (tertiary/aromatic N) is 2. The lowest BCUT2D eigenvalue weighted by Crippen LogP contribution is -2.16. The molecule has 1 aromatic heterocycles. The van der Waals surface area contributed by atoms with E-state index in [1.165, 1.54) is 18.2 Å². The van der Waals surface area contributed by atoms with Gasteiger partial charge >= 0.3 is 0 Å². The van der Waals surface area contributed by atoms with Crippen molar-refractivity contribution in [3.8, 4) is 5.75 Å². The van der Waals surface area contributed by atoms with Crippen molar-refractivity contribution in [2.45, 2.75) is 13.8 Å². The quantitative estimate of drug-likeness (QED) is 0.706. The standard InChI is InChI=1S/C20H19FN4O2/c1-12-4-9-18(27-3)16(10-12)25-20(26)17-11-19(23-13(2)22-17)24-15-7-5-14(21)6-8-15/h4-11H,1-3H3,(H,25,26)(H,22,23,24). The molecule has 0 fully saturated rings. The van der Waals surface area contributed by atoms with E-state index < -0.39 is 0 Å². The summed E-state index contributed by atoms with van der Waals surface area (Å²) in [6.45, 7) is 3.62. The Morgan fingerprint density at radius 2 is 1.78 bits per heavy atom. The van der Waals surface area contributed by atoms with E-state index in [1.54, 1.807) is 32.2 Å². The van der Waals surface area contributed by atoms with Gasteiger partial charge < -0.3 is 15.4 Å². The molecule has 0 unspecified atom stereocenters. The molecule has 6 nitrogen and oxygen atoms in total. The summed E-state index contributed by atoms with van der Waals surface area (Å²) in [5.41, 5.74) is 2.41. The van der Waals surface area contributed by atoms with Crippen LogP contribution in [-0.4, -0.2) is 23.0 Å². The van der Waals surface area contributed by atoms with Crippen LogP contribution >= 0.6 is 0 Å². The molecule has 3 aromatic rings. The highest BCUT2D eigenvalue weighted by Crippen LogP contribution is 2.26. The first-order valence-corrected chi connectivity index (χ1v) is 8.29. The summed E-state index contributed by atoms with van der Waals surface area (Å²) in [4.78, 5) is 21.1. The van der Waals surface area contributed by atoms with Crippen molar-refractivity contribution in [1.29, 1.82) is 0 Å². The lowest BCUT2D eigenvalue weighted by Gasteiger charge is -2.12. The Morgan fingerprint density at radius 1 is 1.04 bits per heavy atom. The van der Waals surface area contributed by atoms with E-state index in [2.05, 4.69) is 20.6 Å². The monoisotopic (exact) mass is 366 g/mol. The van der Waals surface area contributed by atoms with Gasteiger partial charge in [0.05, 0.1) is 12.8 Å². The average Bonchev–Trinajstić information content (AvgIpc) is 2.63. The molecule has 0 aliphatic rings. The van der Waals surface area contributed by atoms with Gasteiger partial charge in [0.25, 0.3) is 5.91 Å². The van der Waals surface area contributed by atoms with Crippen molar-refractivity contribution in [1.82, 2.24) is 9.97 Å². The first-order chi connectivity index (χ1) is 12.9. The van der Waals surface area contributed by atoms with Gasteiger partial charge in [-0.05, 0) is 55.8 Å². The van der Waals surface area contributed by atoms with Crippen LogP contribution in [0.2, 0.25) is 0 Å². The number of benzene rings is 2. The molecule has 3 rings (SSSR count). The van der Waals surface area contributed by atoms with E-state index >= 15 is 0 Å². The maximum Gasteiger partial charge on any atom is 0.274 e. The predicted molar refractivity (Wildman–Crippen MR) is 102 cm³/mol. The second-order valence-corrected chi connectivity index (χ2v) is 5.98. The van der Waals surface area contributed by atoms with Gasteiger partial charge in [0, 0.05) is 11.8 Å². The van der Waals surface area contributed by atoms with Crippen molar-refractivity contribution in [3.63, 3.8) is 0 Å². The molecule has 0 aliphatic carbocycles. The molecule has 1 amide bonds. The number of hydrogen-bond donors (Lipinski definition) is 2. The largest absolute Gasteiger partial charge is 0.495 e. The summed E-state index contributed by atoms with van der Waals surface area (Å²) in [7, 11) is 1.54. The molecule has 0 radical (unpaired) electrons. The third kappa shape index (κ3) is 4.58. The van der Waals surface area contributed by atoms with E-state index in [4.69, 9.17) is 4.74 Å². The molecule has 2 N–H and O–H groups in total. The summed E-state index contributed by atoms with van der Waals surface area (Å²) in [6, 6.07) is 12.9. The Kier molecular flexibility index (Phi) is 5.30. The number of aryl methyl sites for hydroxylation is 2. The van der Waals surface area contributed by atoms with Gasteiger partial charge in [-0.1, -0.05) is 6.07 Å². The second-order valence-electron chi connectivity index (χ2n) is 5.98. The number of ether oxygens (including phenoxy) is 1. The van der Waals surface area contributed by atoms with E-state index in [0.29, 0.717) is 28.8 Å². The molecule has 27 heavy (non-hydrogen) atoms. The highest BCUT2D eigenvalue weighted by molar-refractivity contribution is 6.04. The van der Waals surface area contributed by atoms with Crippen molar-refractivity contribution < 1.29 is 13.9 Å². The Morgan fingerprint density at radius 3 is 2.48 bits per heavy atom. The maximum absolute atomic E-state index is 13.0. The molecular formula is C20H19FN4O2. The molecular weight excluding hydrogens is 347 g/mol. The molecule has 0 aliphatic heterocycles. The molecule has 0 saturated carbocycles. The summed E-state index contributed by atoms with van der Waals surface area (Å²) < 4.78 is 18.3. The lowest BCUT2D eigenvalue weighted by molar-refractivity contribution is 0.102. The molecule has 0 saturated heterocycles. The number of halogens is 1. The number of anilines is 3. The van der Waals surface area contributed by atoms with Crippen LogP contribution in [0.1, 0.15) is 21.9 Å². The predicted octanol–water partition coefficient (Wildman–Crippen LogP) is 4.24. The number of hydrogen-bond acceptors (Lipinski definition) is 5. The van der Waals surface area contributed by atoms with Crippen molar-refractivity contribution in [3.05, 3.63) is 71.4 Å².